The molecule has 0 N–H and O–H groups in total. The van der Waals surface area contributed by atoms with Crippen molar-refractivity contribution in [3.8, 4) is 5.75 Å². The molecular formula is C31H26Br2N2O4S. The lowest BCUT2D eigenvalue weighted by Gasteiger charge is -2.24. The fourth-order valence-corrected chi connectivity index (χ4v) is 6.98. The van der Waals surface area contributed by atoms with E-state index in [9.17, 15) is 9.59 Å². The van der Waals surface area contributed by atoms with E-state index in [0.717, 1.165) is 31.2 Å². The molecule has 6 nitrogen and oxygen atoms in total. The quantitative estimate of drug-likeness (QED) is 0.218. The summed E-state index contributed by atoms with van der Waals surface area (Å²) < 4.78 is 15.3. The summed E-state index contributed by atoms with van der Waals surface area (Å²) in [6.45, 7) is 6.14. The highest BCUT2D eigenvalue weighted by Crippen LogP contribution is 2.34. The number of rotatable bonds is 7. The molecule has 5 rings (SSSR count). The topological polar surface area (TPSA) is 69.9 Å². The highest BCUT2D eigenvalue weighted by Gasteiger charge is 2.33. The minimum atomic E-state index is -0.652. The lowest BCUT2D eigenvalue weighted by atomic mass is 9.95. The zero-order chi connectivity index (χ0) is 28.4. The van der Waals surface area contributed by atoms with Gasteiger partial charge in [0.15, 0.2) is 4.80 Å². The third-order valence-electron chi connectivity index (χ3n) is 6.46. The maximum Gasteiger partial charge on any atom is 0.338 e. The van der Waals surface area contributed by atoms with Crippen molar-refractivity contribution in [3.05, 3.63) is 129 Å². The van der Waals surface area contributed by atoms with E-state index in [0.29, 0.717) is 33.0 Å². The number of aromatic nitrogens is 1. The molecule has 0 radical (unpaired) electrons. The number of hydrogen-bond donors (Lipinski definition) is 0. The summed E-state index contributed by atoms with van der Waals surface area (Å²) in [5, 5.41) is 0. The van der Waals surface area contributed by atoms with Crippen molar-refractivity contribution in [1.29, 1.82) is 0 Å². The highest BCUT2D eigenvalue weighted by molar-refractivity contribution is 9.11. The van der Waals surface area contributed by atoms with Crippen LogP contribution in [0.4, 0.5) is 0 Å². The van der Waals surface area contributed by atoms with Crippen LogP contribution in [0.3, 0.4) is 0 Å². The lowest BCUT2D eigenvalue weighted by Crippen LogP contribution is -2.39. The van der Waals surface area contributed by atoms with Gasteiger partial charge >= 0.3 is 5.97 Å². The molecule has 4 aromatic rings. The van der Waals surface area contributed by atoms with Crippen molar-refractivity contribution in [2.75, 3.05) is 6.61 Å². The molecule has 9 heteroatoms. The van der Waals surface area contributed by atoms with Crippen LogP contribution in [0.1, 0.15) is 42.1 Å². The molecule has 204 valence electrons. The minimum absolute atomic E-state index is 0.226. The summed E-state index contributed by atoms with van der Waals surface area (Å²) in [4.78, 5) is 32.3. The highest BCUT2D eigenvalue weighted by atomic mass is 79.9. The fraction of sp³-hybridized carbons (Fsp3) is 0.194. The Balaban J connectivity index is 1.65. The standard InChI is InChI=1S/C31H26Br2N2O4S/c1-4-38-30(37)26-19(3)34-31-35(27(26)21-12-10-18(2)11-13-21)29(36)25(40-31)15-22-14-23(32)16-24(33)28(22)39-17-20-8-6-5-7-9-20/h5-16,27H,4,17H2,1-3H3/b25-15-/t27-/m0/s1. The summed E-state index contributed by atoms with van der Waals surface area (Å²) in [5.41, 5.74) is 4.31. The maximum absolute atomic E-state index is 14.0. The zero-order valence-electron chi connectivity index (χ0n) is 22.1. The number of ether oxygens (including phenoxy) is 2. The maximum atomic E-state index is 14.0. The molecule has 1 aromatic heterocycles. The van der Waals surface area contributed by atoms with Crippen LogP contribution in [0.15, 0.2) is 96.7 Å². The average Bonchev–Trinajstić information content (AvgIpc) is 3.22. The second-order valence-corrected chi connectivity index (χ2v) is 12.1. The summed E-state index contributed by atoms with van der Waals surface area (Å²) in [6.07, 6.45) is 1.81. The molecule has 0 aliphatic carbocycles. The second-order valence-electron chi connectivity index (χ2n) is 9.29. The van der Waals surface area contributed by atoms with Gasteiger partial charge in [0, 0.05) is 10.0 Å². The van der Waals surface area contributed by atoms with Crippen LogP contribution in [0.2, 0.25) is 0 Å². The molecule has 0 amide bonds. The Hall–Kier alpha value is -3.27. The molecule has 40 heavy (non-hydrogen) atoms. The molecule has 2 heterocycles. The van der Waals surface area contributed by atoms with E-state index in [1.165, 1.54) is 11.3 Å². The Morgan fingerprint density at radius 1 is 1.07 bits per heavy atom. The second kappa shape index (κ2) is 12.1. The summed E-state index contributed by atoms with van der Waals surface area (Å²) in [7, 11) is 0. The number of carbonyl (C=O) groups is 1. The Kier molecular flexibility index (Phi) is 8.54. The van der Waals surface area contributed by atoms with Crippen molar-refractivity contribution in [2.24, 2.45) is 4.99 Å². The largest absolute Gasteiger partial charge is 0.487 e. The number of aryl methyl sites for hydroxylation is 1. The monoisotopic (exact) mass is 680 g/mol. The first-order valence-corrected chi connectivity index (χ1v) is 15.1. The smallest absolute Gasteiger partial charge is 0.338 e. The molecule has 0 saturated carbocycles. The number of hydrogen-bond acceptors (Lipinski definition) is 6. The zero-order valence-corrected chi connectivity index (χ0v) is 26.1. The van der Waals surface area contributed by atoms with Crippen LogP contribution < -0.4 is 19.6 Å². The van der Waals surface area contributed by atoms with Gasteiger partial charge in [0.1, 0.15) is 12.4 Å². The van der Waals surface area contributed by atoms with Gasteiger partial charge in [-0.3, -0.25) is 9.36 Å². The van der Waals surface area contributed by atoms with Crippen molar-refractivity contribution in [3.63, 3.8) is 0 Å². The van der Waals surface area contributed by atoms with Crippen LogP contribution in [-0.4, -0.2) is 17.1 Å². The summed E-state index contributed by atoms with van der Waals surface area (Å²) in [6, 6.07) is 20.9. The number of fused-ring (bicyclic) bond motifs is 1. The Morgan fingerprint density at radius 2 is 1.80 bits per heavy atom. The van der Waals surface area contributed by atoms with E-state index in [1.807, 2.05) is 79.7 Å². The van der Waals surface area contributed by atoms with Gasteiger partial charge in [0.05, 0.1) is 32.9 Å². The van der Waals surface area contributed by atoms with Crippen molar-refractivity contribution in [2.45, 2.75) is 33.4 Å². The predicted octanol–water partition coefficient (Wildman–Crippen LogP) is 6.21. The number of allylic oxidation sites excluding steroid dienone is 1. The molecule has 0 saturated heterocycles. The normalized spacial score (nSPS) is 15.0. The fourth-order valence-electron chi connectivity index (χ4n) is 4.57. The van der Waals surface area contributed by atoms with E-state index in [2.05, 4.69) is 36.9 Å². The Labute approximate surface area is 252 Å². The van der Waals surface area contributed by atoms with Gasteiger partial charge < -0.3 is 9.47 Å². The van der Waals surface area contributed by atoms with E-state index < -0.39 is 12.0 Å². The molecule has 1 aliphatic heterocycles. The molecule has 0 bridgehead atoms. The molecule has 1 aliphatic rings. The third kappa shape index (κ3) is 5.77. The number of thiazole rings is 1. The number of halogens is 2. The van der Waals surface area contributed by atoms with Crippen LogP contribution in [0.5, 0.6) is 5.75 Å². The lowest BCUT2D eigenvalue weighted by molar-refractivity contribution is -0.139. The van der Waals surface area contributed by atoms with Crippen molar-refractivity contribution < 1.29 is 14.3 Å². The summed E-state index contributed by atoms with van der Waals surface area (Å²) >= 11 is 8.46. The number of carbonyl (C=O) groups excluding carboxylic acids is 1. The van der Waals surface area contributed by atoms with Crippen LogP contribution in [-0.2, 0) is 16.1 Å². The number of benzene rings is 3. The molecule has 0 unspecified atom stereocenters. The van der Waals surface area contributed by atoms with Gasteiger partial charge in [0.2, 0.25) is 0 Å². The first-order chi connectivity index (χ1) is 19.3. The third-order valence-corrected chi connectivity index (χ3v) is 8.49. The molecule has 0 spiro atoms. The van der Waals surface area contributed by atoms with E-state index >= 15 is 0 Å². The molecular weight excluding hydrogens is 656 g/mol. The average molecular weight is 682 g/mol. The van der Waals surface area contributed by atoms with Crippen LogP contribution in [0.25, 0.3) is 6.08 Å². The van der Waals surface area contributed by atoms with Crippen molar-refractivity contribution in [1.82, 2.24) is 4.57 Å². The van der Waals surface area contributed by atoms with Gasteiger partial charge in [-0.15, -0.1) is 0 Å². The number of nitrogens with zero attached hydrogens (tertiary/aromatic N) is 2. The van der Waals surface area contributed by atoms with E-state index in [1.54, 1.807) is 18.4 Å². The van der Waals surface area contributed by atoms with Gasteiger partial charge in [0.25, 0.3) is 5.56 Å². The first kappa shape index (κ1) is 28.3. The Morgan fingerprint density at radius 3 is 2.50 bits per heavy atom. The molecule has 3 aromatic carbocycles. The SMILES string of the molecule is CCOC(=O)C1=C(C)N=c2s/c(=C\c3cc(Br)cc(Br)c3OCc3ccccc3)c(=O)n2[C@H]1c1ccc(C)cc1. The molecule has 0 fully saturated rings. The predicted molar refractivity (Wildman–Crippen MR) is 164 cm³/mol. The summed E-state index contributed by atoms with van der Waals surface area (Å²) in [5.74, 6) is 0.146. The van der Waals surface area contributed by atoms with Crippen LogP contribution >= 0.6 is 43.2 Å². The van der Waals surface area contributed by atoms with Gasteiger partial charge in [-0.25, -0.2) is 9.79 Å². The molecule has 1 atom stereocenters. The van der Waals surface area contributed by atoms with Crippen LogP contribution in [0, 0.1) is 6.92 Å². The van der Waals surface area contributed by atoms with Gasteiger partial charge in [-0.05, 0) is 66.0 Å². The van der Waals surface area contributed by atoms with E-state index in [4.69, 9.17) is 9.47 Å². The van der Waals surface area contributed by atoms with Gasteiger partial charge in [-0.2, -0.15) is 0 Å². The first-order valence-electron chi connectivity index (χ1n) is 12.7. The van der Waals surface area contributed by atoms with Gasteiger partial charge in [-0.1, -0.05) is 87.4 Å². The van der Waals surface area contributed by atoms with E-state index in [-0.39, 0.29) is 12.2 Å². The Bertz CT molecular complexity index is 1790. The van der Waals surface area contributed by atoms with Crippen molar-refractivity contribution >= 4 is 55.2 Å². The minimum Gasteiger partial charge on any atom is -0.487 e. The number of esters is 1.